The summed E-state index contributed by atoms with van der Waals surface area (Å²) in [5, 5.41) is 4.02. The number of hydrogen-bond donors (Lipinski definition) is 1. The molecule has 0 bridgehead atoms. The molecule has 0 saturated carbocycles. The van der Waals surface area contributed by atoms with Gasteiger partial charge in [0.2, 0.25) is 5.91 Å². The molecule has 2 rings (SSSR count). The Morgan fingerprint density at radius 3 is 2.70 bits per heavy atom. The average molecular weight is 341 g/mol. The standard InChI is InChI=1S/C18H26ClFN2O/c1-13(2)18(23)22-11-8-14(9-12-22)21-10-4-5-15-16(19)6-3-7-17(15)20/h3,6-7,13-14,21H,4-5,8-12H2,1-2H3. The van der Waals surface area contributed by atoms with Crippen molar-refractivity contribution >= 4 is 17.5 Å². The summed E-state index contributed by atoms with van der Waals surface area (Å²) in [5.74, 6) is 0.0978. The predicted molar refractivity (Wildman–Crippen MR) is 92.2 cm³/mol. The fourth-order valence-electron chi connectivity index (χ4n) is 3.01. The lowest BCUT2D eigenvalue weighted by Gasteiger charge is -2.33. The van der Waals surface area contributed by atoms with Crippen LogP contribution in [0.5, 0.6) is 0 Å². The summed E-state index contributed by atoms with van der Waals surface area (Å²) in [6.45, 7) is 6.39. The Morgan fingerprint density at radius 2 is 2.09 bits per heavy atom. The summed E-state index contributed by atoms with van der Waals surface area (Å²) in [5.41, 5.74) is 0.605. The summed E-state index contributed by atoms with van der Waals surface area (Å²) in [7, 11) is 0. The fraction of sp³-hybridized carbons (Fsp3) is 0.611. The van der Waals surface area contributed by atoms with Gasteiger partial charge in [0.1, 0.15) is 5.82 Å². The molecular weight excluding hydrogens is 315 g/mol. The third-order valence-electron chi connectivity index (χ3n) is 4.40. The molecule has 0 aromatic heterocycles. The molecule has 0 spiro atoms. The van der Waals surface area contributed by atoms with Crippen molar-refractivity contribution in [1.29, 1.82) is 0 Å². The Labute approximate surface area is 143 Å². The number of carbonyl (C=O) groups excluding carboxylic acids is 1. The van der Waals surface area contributed by atoms with Gasteiger partial charge < -0.3 is 10.2 Å². The third kappa shape index (κ3) is 5.18. The van der Waals surface area contributed by atoms with Crippen LogP contribution >= 0.6 is 11.6 Å². The number of likely N-dealkylation sites (tertiary alicyclic amines) is 1. The maximum absolute atomic E-state index is 13.7. The molecular formula is C18H26ClFN2O. The Bertz CT molecular complexity index is 508. The van der Waals surface area contributed by atoms with Crippen LogP contribution in [-0.2, 0) is 11.2 Å². The molecule has 3 nitrogen and oxygen atoms in total. The van der Waals surface area contributed by atoms with Gasteiger partial charge in [0, 0.05) is 35.6 Å². The smallest absolute Gasteiger partial charge is 0.225 e. The van der Waals surface area contributed by atoms with Gasteiger partial charge >= 0.3 is 0 Å². The highest BCUT2D eigenvalue weighted by molar-refractivity contribution is 6.31. The van der Waals surface area contributed by atoms with Crippen molar-refractivity contribution < 1.29 is 9.18 Å². The van der Waals surface area contributed by atoms with Gasteiger partial charge in [0.05, 0.1) is 0 Å². The molecule has 1 aliphatic rings. The van der Waals surface area contributed by atoms with Crippen molar-refractivity contribution in [1.82, 2.24) is 10.2 Å². The molecule has 23 heavy (non-hydrogen) atoms. The molecule has 1 N–H and O–H groups in total. The molecule has 128 valence electrons. The van der Waals surface area contributed by atoms with E-state index < -0.39 is 0 Å². The molecule has 1 aromatic carbocycles. The van der Waals surface area contributed by atoms with Crippen LogP contribution in [0.2, 0.25) is 5.02 Å². The molecule has 0 radical (unpaired) electrons. The van der Waals surface area contributed by atoms with Gasteiger partial charge in [-0.25, -0.2) is 4.39 Å². The van der Waals surface area contributed by atoms with Crippen molar-refractivity contribution in [2.24, 2.45) is 5.92 Å². The number of benzene rings is 1. The van der Waals surface area contributed by atoms with Crippen LogP contribution in [-0.4, -0.2) is 36.5 Å². The van der Waals surface area contributed by atoms with E-state index in [4.69, 9.17) is 11.6 Å². The second kappa shape index (κ2) is 8.65. The number of rotatable bonds is 6. The second-order valence-electron chi connectivity index (χ2n) is 6.51. The first kappa shape index (κ1) is 18.2. The SMILES string of the molecule is CC(C)C(=O)N1CCC(NCCCc2c(F)cccc2Cl)CC1. The first-order valence-corrected chi connectivity index (χ1v) is 8.82. The molecule has 1 saturated heterocycles. The van der Waals surface area contributed by atoms with Gasteiger partial charge in [-0.2, -0.15) is 0 Å². The average Bonchev–Trinajstić information content (AvgIpc) is 2.53. The molecule has 1 amide bonds. The summed E-state index contributed by atoms with van der Waals surface area (Å²) < 4.78 is 13.7. The quantitative estimate of drug-likeness (QED) is 0.802. The predicted octanol–water partition coefficient (Wildman–Crippen LogP) is 3.65. The molecule has 0 unspecified atom stereocenters. The van der Waals surface area contributed by atoms with E-state index in [1.807, 2.05) is 18.7 Å². The number of nitrogens with one attached hydrogen (secondary N) is 1. The summed E-state index contributed by atoms with van der Waals surface area (Å²) in [6, 6.07) is 5.26. The Balaban J connectivity index is 1.67. The van der Waals surface area contributed by atoms with E-state index in [9.17, 15) is 9.18 Å². The Morgan fingerprint density at radius 1 is 1.39 bits per heavy atom. The lowest BCUT2D eigenvalue weighted by atomic mass is 10.0. The number of carbonyl (C=O) groups is 1. The molecule has 0 atom stereocenters. The molecule has 5 heteroatoms. The zero-order chi connectivity index (χ0) is 16.8. The molecule has 1 fully saturated rings. The van der Waals surface area contributed by atoms with E-state index in [-0.39, 0.29) is 17.6 Å². The first-order valence-electron chi connectivity index (χ1n) is 8.44. The zero-order valence-electron chi connectivity index (χ0n) is 13.9. The van der Waals surface area contributed by atoms with Crippen LogP contribution < -0.4 is 5.32 Å². The molecule has 1 aromatic rings. The zero-order valence-corrected chi connectivity index (χ0v) is 14.7. The van der Waals surface area contributed by atoms with Gasteiger partial charge in [-0.3, -0.25) is 4.79 Å². The third-order valence-corrected chi connectivity index (χ3v) is 4.75. The van der Waals surface area contributed by atoms with Crippen molar-refractivity contribution in [3.05, 3.63) is 34.6 Å². The van der Waals surface area contributed by atoms with Gasteiger partial charge in [-0.1, -0.05) is 31.5 Å². The van der Waals surface area contributed by atoms with E-state index in [2.05, 4.69) is 5.32 Å². The highest BCUT2D eigenvalue weighted by atomic mass is 35.5. The largest absolute Gasteiger partial charge is 0.342 e. The topological polar surface area (TPSA) is 32.3 Å². The van der Waals surface area contributed by atoms with Crippen LogP contribution in [0.4, 0.5) is 4.39 Å². The van der Waals surface area contributed by atoms with Crippen molar-refractivity contribution in [2.75, 3.05) is 19.6 Å². The molecule has 1 aliphatic heterocycles. The van der Waals surface area contributed by atoms with Crippen LogP contribution in [0.3, 0.4) is 0 Å². The van der Waals surface area contributed by atoms with Gasteiger partial charge in [-0.05, 0) is 44.4 Å². The lowest BCUT2D eigenvalue weighted by Crippen LogP contribution is -2.46. The minimum absolute atomic E-state index is 0.0741. The maximum Gasteiger partial charge on any atom is 0.225 e. The number of hydrogen-bond acceptors (Lipinski definition) is 2. The van der Waals surface area contributed by atoms with Crippen molar-refractivity contribution in [3.8, 4) is 0 Å². The Hall–Kier alpha value is -1.13. The second-order valence-corrected chi connectivity index (χ2v) is 6.92. The number of piperidine rings is 1. The highest BCUT2D eigenvalue weighted by Crippen LogP contribution is 2.20. The molecule has 0 aliphatic carbocycles. The van der Waals surface area contributed by atoms with Crippen molar-refractivity contribution in [3.63, 3.8) is 0 Å². The van der Waals surface area contributed by atoms with Crippen LogP contribution in [0, 0.1) is 11.7 Å². The lowest BCUT2D eigenvalue weighted by molar-refractivity contribution is -0.135. The van der Waals surface area contributed by atoms with Crippen molar-refractivity contribution in [2.45, 2.75) is 45.6 Å². The van der Waals surface area contributed by atoms with Gasteiger partial charge in [0.15, 0.2) is 0 Å². The number of amides is 1. The fourth-order valence-corrected chi connectivity index (χ4v) is 3.27. The van der Waals surface area contributed by atoms with E-state index in [0.717, 1.165) is 38.9 Å². The summed E-state index contributed by atoms with van der Waals surface area (Å²) in [6.07, 6.45) is 3.47. The molecule has 1 heterocycles. The van der Waals surface area contributed by atoms with Gasteiger partial charge in [-0.15, -0.1) is 0 Å². The van der Waals surface area contributed by atoms with Crippen LogP contribution in [0.15, 0.2) is 18.2 Å². The van der Waals surface area contributed by atoms with Crippen LogP contribution in [0.25, 0.3) is 0 Å². The Kier molecular flexibility index (Phi) is 6.85. The van der Waals surface area contributed by atoms with E-state index in [1.165, 1.54) is 6.07 Å². The minimum atomic E-state index is -0.224. The normalized spacial score (nSPS) is 16.1. The van der Waals surface area contributed by atoms with E-state index in [1.54, 1.807) is 12.1 Å². The van der Waals surface area contributed by atoms with Gasteiger partial charge in [0.25, 0.3) is 0 Å². The highest BCUT2D eigenvalue weighted by Gasteiger charge is 2.23. The minimum Gasteiger partial charge on any atom is -0.342 e. The number of halogens is 2. The van der Waals surface area contributed by atoms with Crippen LogP contribution in [0.1, 0.15) is 38.7 Å². The maximum atomic E-state index is 13.7. The summed E-state index contributed by atoms with van der Waals surface area (Å²) in [4.78, 5) is 13.9. The van der Waals surface area contributed by atoms with E-state index in [0.29, 0.717) is 23.0 Å². The monoisotopic (exact) mass is 340 g/mol. The first-order chi connectivity index (χ1) is 11.0. The van der Waals surface area contributed by atoms with E-state index >= 15 is 0 Å². The number of nitrogens with zero attached hydrogens (tertiary/aromatic N) is 1. The summed E-state index contributed by atoms with van der Waals surface area (Å²) >= 11 is 6.03.